The van der Waals surface area contributed by atoms with Crippen molar-refractivity contribution in [2.45, 2.75) is 25.3 Å². The average Bonchev–Trinajstić information content (AvgIpc) is 2.34. The number of benzene rings is 1. The molecule has 88 valence electrons. The molecule has 1 aromatic rings. The molecule has 0 aliphatic carbocycles. The number of halogens is 1. The maximum Gasteiger partial charge on any atom is 0.0485 e. The van der Waals surface area contributed by atoms with E-state index in [4.69, 9.17) is 17.3 Å². The lowest BCUT2D eigenvalue weighted by Crippen LogP contribution is -2.37. The van der Waals surface area contributed by atoms with Crippen molar-refractivity contribution < 1.29 is 0 Å². The molecule has 0 bridgehead atoms. The van der Waals surface area contributed by atoms with Crippen LogP contribution in [0.25, 0.3) is 0 Å². The Balaban J connectivity index is 2.18. The van der Waals surface area contributed by atoms with Gasteiger partial charge in [0.25, 0.3) is 0 Å². The number of hydrogen-bond donors (Lipinski definition) is 1. The number of piperidine rings is 1. The van der Waals surface area contributed by atoms with Crippen LogP contribution in [0.1, 0.15) is 30.9 Å². The largest absolute Gasteiger partial charge is 0.329 e. The van der Waals surface area contributed by atoms with Crippen molar-refractivity contribution in [3.63, 3.8) is 0 Å². The van der Waals surface area contributed by atoms with Crippen molar-refractivity contribution >= 4 is 11.6 Å². The first kappa shape index (κ1) is 11.9. The second-order valence-corrected chi connectivity index (χ2v) is 4.78. The van der Waals surface area contributed by atoms with Gasteiger partial charge in [0.1, 0.15) is 0 Å². The molecular weight excluding hydrogens is 220 g/mol. The van der Waals surface area contributed by atoms with Gasteiger partial charge in [-0.15, -0.1) is 0 Å². The first-order valence-corrected chi connectivity index (χ1v) is 6.39. The van der Waals surface area contributed by atoms with Gasteiger partial charge in [-0.3, -0.25) is 4.90 Å². The lowest BCUT2D eigenvalue weighted by atomic mass is 10.0. The Morgan fingerprint density at radius 2 is 1.88 bits per heavy atom. The Morgan fingerprint density at radius 1 is 1.19 bits per heavy atom. The third-order valence-corrected chi connectivity index (χ3v) is 3.66. The Bertz CT molecular complexity index is 334. The Labute approximate surface area is 102 Å². The fraction of sp³-hybridized carbons (Fsp3) is 0.538. The summed E-state index contributed by atoms with van der Waals surface area (Å²) in [7, 11) is 0. The molecule has 1 aliphatic rings. The molecule has 3 heteroatoms. The Hall–Kier alpha value is -0.570. The van der Waals surface area contributed by atoms with Crippen LogP contribution >= 0.6 is 11.6 Å². The fourth-order valence-electron chi connectivity index (χ4n) is 2.45. The highest BCUT2D eigenvalue weighted by molar-refractivity contribution is 6.31. The molecule has 0 saturated carbocycles. The van der Waals surface area contributed by atoms with Gasteiger partial charge in [0.2, 0.25) is 0 Å². The van der Waals surface area contributed by atoms with Gasteiger partial charge >= 0.3 is 0 Å². The molecule has 0 amide bonds. The van der Waals surface area contributed by atoms with Gasteiger partial charge in [0.15, 0.2) is 0 Å². The lowest BCUT2D eigenvalue weighted by molar-refractivity contribution is 0.167. The van der Waals surface area contributed by atoms with Crippen molar-refractivity contribution in [1.82, 2.24) is 4.90 Å². The highest BCUT2D eigenvalue weighted by Crippen LogP contribution is 2.28. The maximum absolute atomic E-state index is 6.23. The smallest absolute Gasteiger partial charge is 0.0485 e. The monoisotopic (exact) mass is 238 g/mol. The van der Waals surface area contributed by atoms with E-state index in [1.165, 1.54) is 24.8 Å². The number of rotatable bonds is 3. The van der Waals surface area contributed by atoms with Crippen molar-refractivity contribution in [2.75, 3.05) is 19.6 Å². The molecule has 0 unspecified atom stereocenters. The van der Waals surface area contributed by atoms with Gasteiger partial charge in [0, 0.05) is 17.6 Å². The van der Waals surface area contributed by atoms with Gasteiger partial charge in [-0.1, -0.05) is 36.2 Å². The van der Waals surface area contributed by atoms with Gasteiger partial charge in [-0.25, -0.2) is 0 Å². The van der Waals surface area contributed by atoms with Gasteiger partial charge in [-0.2, -0.15) is 0 Å². The van der Waals surface area contributed by atoms with Crippen LogP contribution in [0.2, 0.25) is 5.02 Å². The molecule has 2 rings (SSSR count). The van der Waals surface area contributed by atoms with Gasteiger partial charge < -0.3 is 5.73 Å². The van der Waals surface area contributed by atoms with E-state index >= 15 is 0 Å². The molecule has 2 N–H and O–H groups in total. The molecule has 1 fully saturated rings. The van der Waals surface area contributed by atoms with Crippen LogP contribution in [0.3, 0.4) is 0 Å². The van der Waals surface area contributed by atoms with Crippen LogP contribution in [0.5, 0.6) is 0 Å². The van der Waals surface area contributed by atoms with E-state index in [9.17, 15) is 0 Å². The molecule has 0 aromatic heterocycles. The molecule has 1 saturated heterocycles. The summed E-state index contributed by atoms with van der Waals surface area (Å²) in [5.41, 5.74) is 7.08. The second-order valence-electron chi connectivity index (χ2n) is 4.37. The summed E-state index contributed by atoms with van der Waals surface area (Å²) < 4.78 is 0. The molecule has 1 aromatic carbocycles. The molecule has 2 nitrogen and oxygen atoms in total. The Kier molecular flexibility index (Phi) is 4.22. The van der Waals surface area contributed by atoms with Crippen molar-refractivity contribution in [3.05, 3.63) is 34.9 Å². The summed E-state index contributed by atoms with van der Waals surface area (Å²) in [6, 6.07) is 8.33. The first-order valence-electron chi connectivity index (χ1n) is 6.01. The summed E-state index contributed by atoms with van der Waals surface area (Å²) in [6.45, 7) is 2.93. The van der Waals surface area contributed by atoms with Crippen LogP contribution in [-0.2, 0) is 0 Å². The van der Waals surface area contributed by atoms with Gasteiger partial charge in [0.05, 0.1) is 0 Å². The van der Waals surface area contributed by atoms with Crippen LogP contribution in [0, 0.1) is 0 Å². The van der Waals surface area contributed by atoms with Crippen LogP contribution in [0.4, 0.5) is 0 Å². The van der Waals surface area contributed by atoms with Crippen molar-refractivity contribution in [3.8, 4) is 0 Å². The lowest BCUT2D eigenvalue weighted by Gasteiger charge is -2.34. The van der Waals surface area contributed by atoms with E-state index in [1.807, 2.05) is 18.2 Å². The van der Waals surface area contributed by atoms with E-state index in [0.29, 0.717) is 6.54 Å². The van der Waals surface area contributed by atoms with E-state index < -0.39 is 0 Å². The quantitative estimate of drug-likeness (QED) is 0.878. The molecule has 1 heterocycles. The van der Waals surface area contributed by atoms with Crippen LogP contribution in [0.15, 0.2) is 24.3 Å². The third kappa shape index (κ3) is 2.57. The molecule has 16 heavy (non-hydrogen) atoms. The number of nitrogens with zero attached hydrogens (tertiary/aromatic N) is 1. The van der Waals surface area contributed by atoms with Crippen LogP contribution in [-0.4, -0.2) is 24.5 Å². The first-order chi connectivity index (χ1) is 7.83. The van der Waals surface area contributed by atoms with Gasteiger partial charge in [-0.05, 0) is 37.6 Å². The van der Waals surface area contributed by atoms with E-state index in [2.05, 4.69) is 11.0 Å². The summed E-state index contributed by atoms with van der Waals surface area (Å²) in [5, 5.41) is 0.837. The molecule has 0 spiro atoms. The second kappa shape index (κ2) is 5.67. The van der Waals surface area contributed by atoms with Crippen molar-refractivity contribution in [2.24, 2.45) is 5.73 Å². The molecule has 1 atom stereocenters. The number of hydrogen-bond acceptors (Lipinski definition) is 2. The zero-order chi connectivity index (χ0) is 11.4. The standard InChI is InChI=1S/C13H19ClN2/c14-12-7-3-2-6-11(12)13(10-15)16-8-4-1-5-9-16/h2-3,6-7,13H,1,4-5,8-10,15H2/t13-/m0/s1. The Morgan fingerprint density at radius 3 is 2.50 bits per heavy atom. The minimum absolute atomic E-state index is 0.286. The third-order valence-electron chi connectivity index (χ3n) is 3.32. The zero-order valence-electron chi connectivity index (χ0n) is 9.53. The van der Waals surface area contributed by atoms with E-state index in [-0.39, 0.29) is 6.04 Å². The minimum atomic E-state index is 0.286. The highest BCUT2D eigenvalue weighted by Gasteiger charge is 2.22. The zero-order valence-corrected chi connectivity index (χ0v) is 10.3. The fourth-order valence-corrected chi connectivity index (χ4v) is 2.71. The SMILES string of the molecule is NC[C@@H](c1ccccc1Cl)N1CCCCC1. The number of likely N-dealkylation sites (tertiary alicyclic amines) is 1. The molecule has 1 aliphatic heterocycles. The maximum atomic E-state index is 6.23. The summed E-state index contributed by atoms with van der Waals surface area (Å²) in [5.74, 6) is 0. The number of nitrogens with two attached hydrogens (primary N) is 1. The summed E-state index contributed by atoms with van der Waals surface area (Å²) in [4.78, 5) is 2.46. The molecule has 0 radical (unpaired) electrons. The van der Waals surface area contributed by atoms with Crippen LogP contribution < -0.4 is 5.73 Å². The average molecular weight is 239 g/mol. The topological polar surface area (TPSA) is 29.3 Å². The van der Waals surface area contributed by atoms with Crippen molar-refractivity contribution in [1.29, 1.82) is 0 Å². The normalized spacial score (nSPS) is 19.6. The summed E-state index contributed by atoms with van der Waals surface area (Å²) >= 11 is 6.23. The predicted octanol–water partition coefficient (Wildman–Crippen LogP) is 2.83. The van der Waals surface area contributed by atoms with E-state index in [1.54, 1.807) is 0 Å². The minimum Gasteiger partial charge on any atom is -0.329 e. The van der Waals surface area contributed by atoms with E-state index in [0.717, 1.165) is 18.1 Å². The molecular formula is C13H19ClN2. The summed E-state index contributed by atoms with van der Waals surface area (Å²) in [6.07, 6.45) is 3.90. The highest BCUT2D eigenvalue weighted by atomic mass is 35.5. The predicted molar refractivity (Wildman–Crippen MR) is 68.7 cm³/mol.